The number of rotatable bonds is 6. The highest BCUT2D eigenvalue weighted by atomic mass is 16.2. The van der Waals surface area contributed by atoms with E-state index < -0.39 is 5.41 Å². The Hall–Kier alpha value is -1.79. The maximum absolute atomic E-state index is 12.0. The largest absolute Gasteiger partial charge is 0.357 e. The predicted octanol–water partition coefficient (Wildman–Crippen LogP) is 0.961. The molecule has 0 aliphatic rings. The molecule has 24 heavy (non-hydrogen) atoms. The SMILES string of the molecule is CCNC(=NCCNC(=O)C(C)(C)C)N(C)CC(=O)NC(C)(C)C. The first-order chi connectivity index (χ1) is 10.9. The molecule has 0 atom stereocenters. The lowest BCUT2D eigenvalue weighted by Gasteiger charge is -2.25. The second kappa shape index (κ2) is 9.49. The summed E-state index contributed by atoms with van der Waals surface area (Å²) < 4.78 is 0. The van der Waals surface area contributed by atoms with Gasteiger partial charge in [-0.05, 0) is 27.7 Å². The molecule has 7 nitrogen and oxygen atoms in total. The van der Waals surface area contributed by atoms with Crippen LogP contribution in [0, 0.1) is 5.41 Å². The number of amides is 2. The zero-order valence-corrected chi connectivity index (χ0v) is 16.5. The van der Waals surface area contributed by atoms with Crippen molar-refractivity contribution in [3.05, 3.63) is 0 Å². The van der Waals surface area contributed by atoms with E-state index >= 15 is 0 Å². The van der Waals surface area contributed by atoms with Crippen LogP contribution < -0.4 is 16.0 Å². The lowest BCUT2D eigenvalue weighted by Crippen LogP contribution is -2.49. The van der Waals surface area contributed by atoms with Gasteiger partial charge < -0.3 is 20.9 Å². The quantitative estimate of drug-likeness (QED) is 0.382. The molecule has 140 valence electrons. The van der Waals surface area contributed by atoms with Crippen molar-refractivity contribution < 1.29 is 9.59 Å². The molecule has 0 saturated heterocycles. The Morgan fingerprint density at radius 2 is 1.62 bits per heavy atom. The molecule has 0 unspecified atom stereocenters. The van der Waals surface area contributed by atoms with E-state index in [2.05, 4.69) is 20.9 Å². The summed E-state index contributed by atoms with van der Waals surface area (Å²) in [6.45, 7) is 15.3. The number of nitrogens with one attached hydrogen (secondary N) is 3. The molecular formula is C17H35N5O2. The van der Waals surface area contributed by atoms with Crippen molar-refractivity contribution in [2.45, 2.75) is 54.0 Å². The van der Waals surface area contributed by atoms with Gasteiger partial charge in [-0.25, -0.2) is 0 Å². The molecule has 0 bridgehead atoms. The van der Waals surface area contributed by atoms with Gasteiger partial charge in [0.15, 0.2) is 5.96 Å². The number of carbonyl (C=O) groups excluding carboxylic acids is 2. The van der Waals surface area contributed by atoms with Gasteiger partial charge in [0.05, 0.1) is 13.1 Å². The van der Waals surface area contributed by atoms with Crippen molar-refractivity contribution in [1.82, 2.24) is 20.9 Å². The molecule has 0 heterocycles. The topological polar surface area (TPSA) is 85.8 Å². The minimum absolute atomic E-state index is 0.000565. The average molecular weight is 342 g/mol. The van der Waals surface area contributed by atoms with E-state index in [9.17, 15) is 9.59 Å². The molecule has 0 aliphatic heterocycles. The Labute approximate surface area is 146 Å². The third-order valence-corrected chi connectivity index (χ3v) is 2.93. The second-order valence-electron chi connectivity index (χ2n) is 7.90. The summed E-state index contributed by atoms with van der Waals surface area (Å²) >= 11 is 0. The Morgan fingerprint density at radius 1 is 1.04 bits per heavy atom. The molecular weight excluding hydrogens is 306 g/mol. The summed E-state index contributed by atoms with van der Waals surface area (Å²) in [7, 11) is 1.82. The number of likely N-dealkylation sites (N-methyl/N-ethyl adjacent to an activating group) is 1. The van der Waals surface area contributed by atoms with Gasteiger partial charge in [0.2, 0.25) is 11.8 Å². The van der Waals surface area contributed by atoms with Crippen LogP contribution in [0.15, 0.2) is 4.99 Å². The molecule has 0 aromatic carbocycles. The molecule has 7 heteroatoms. The van der Waals surface area contributed by atoms with Crippen LogP contribution in [0.4, 0.5) is 0 Å². The number of hydrogen-bond acceptors (Lipinski definition) is 3. The van der Waals surface area contributed by atoms with E-state index in [1.807, 2.05) is 55.5 Å². The summed E-state index contributed by atoms with van der Waals surface area (Å²) in [6.07, 6.45) is 0. The highest BCUT2D eigenvalue weighted by molar-refractivity contribution is 5.86. The fourth-order valence-electron chi connectivity index (χ4n) is 1.81. The Morgan fingerprint density at radius 3 is 2.08 bits per heavy atom. The molecule has 0 aromatic heterocycles. The monoisotopic (exact) mass is 341 g/mol. The third kappa shape index (κ3) is 10.1. The zero-order valence-electron chi connectivity index (χ0n) is 16.5. The fraction of sp³-hybridized carbons (Fsp3) is 0.824. The van der Waals surface area contributed by atoms with Gasteiger partial charge in [0.1, 0.15) is 0 Å². The minimum atomic E-state index is -0.407. The Kier molecular flexibility index (Phi) is 8.78. The molecule has 0 saturated carbocycles. The smallest absolute Gasteiger partial charge is 0.240 e. The van der Waals surface area contributed by atoms with Gasteiger partial charge in [-0.15, -0.1) is 0 Å². The molecule has 0 rings (SSSR count). The molecule has 0 aromatic rings. The lowest BCUT2D eigenvalue weighted by molar-refractivity contribution is -0.128. The predicted molar refractivity (Wildman–Crippen MR) is 99.0 cm³/mol. The molecule has 0 radical (unpaired) electrons. The van der Waals surface area contributed by atoms with Crippen molar-refractivity contribution in [2.24, 2.45) is 10.4 Å². The van der Waals surface area contributed by atoms with E-state index in [0.29, 0.717) is 25.6 Å². The zero-order chi connectivity index (χ0) is 19.0. The van der Waals surface area contributed by atoms with Gasteiger partial charge in [-0.1, -0.05) is 20.8 Å². The Balaban J connectivity index is 4.55. The van der Waals surface area contributed by atoms with E-state index in [0.717, 1.165) is 0 Å². The summed E-state index contributed by atoms with van der Waals surface area (Å²) in [6, 6.07) is 0. The molecule has 3 N–H and O–H groups in total. The molecule has 0 aliphatic carbocycles. The number of aliphatic imine (C=N–C) groups is 1. The molecule has 0 spiro atoms. The first kappa shape index (κ1) is 22.2. The summed E-state index contributed by atoms with van der Waals surface area (Å²) in [5.41, 5.74) is -0.666. The van der Waals surface area contributed by atoms with Crippen LogP contribution in [0.3, 0.4) is 0 Å². The number of nitrogens with zero attached hydrogens (tertiary/aromatic N) is 2. The number of carbonyl (C=O) groups is 2. The van der Waals surface area contributed by atoms with Crippen LogP contribution in [0.5, 0.6) is 0 Å². The second-order valence-corrected chi connectivity index (χ2v) is 7.90. The highest BCUT2D eigenvalue weighted by Gasteiger charge is 2.20. The minimum Gasteiger partial charge on any atom is -0.357 e. The van der Waals surface area contributed by atoms with Crippen LogP contribution in [0.25, 0.3) is 0 Å². The maximum Gasteiger partial charge on any atom is 0.240 e. The van der Waals surface area contributed by atoms with E-state index in [1.165, 1.54) is 0 Å². The summed E-state index contributed by atoms with van der Waals surface area (Å²) in [5, 5.41) is 8.94. The van der Waals surface area contributed by atoms with Crippen molar-refractivity contribution in [3.63, 3.8) is 0 Å². The first-order valence-corrected chi connectivity index (χ1v) is 8.45. The Bertz CT molecular complexity index is 447. The van der Waals surface area contributed by atoms with Crippen molar-refractivity contribution >= 4 is 17.8 Å². The first-order valence-electron chi connectivity index (χ1n) is 8.45. The van der Waals surface area contributed by atoms with Crippen LogP contribution in [0.1, 0.15) is 48.5 Å². The van der Waals surface area contributed by atoms with Crippen LogP contribution in [-0.4, -0.2) is 61.4 Å². The third-order valence-electron chi connectivity index (χ3n) is 2.93. The highest BCUT2D eigenvalue weighted by Crippen LogP contribution is 2.11. The molecule has 0 fully saturated rings. The lowest BCUT2D eigenvalue weighted by atomic mass is 9.96. The van der Waals surface area contributed by atoms with Gasteiger partial charge in [-0.3, -0.25) is 14.6 Å². The number of guanidine groups is 1. The fourth-order valence-corrected chi connectivity index (χ4v) is 1.81. The van der Waals surface area contributed by atoms with Crippen LogP contribution >= 0.6 is 0 Å². The van der Waals surface area contributed by atoms with Crippen molar-refractivity contribution in [2.75, 3.05) is 33.2 Å². The van der Waals surface area contributed by atoms with Gasteiger partial charge in [-0.2, -0.15) is 0 Å². The van der Waals surface area contributed by atoms with Crippen LogP contribution in [-0.2, 0) is 9.59 Å². The maximum atomic E-state index is 12.0. The van der Waals surface area contributed by atoms with Crippen molar-refractivity contribution in [1.29, 1.82) is 0 Å². The number of hydrogen-bond donors (Lipinski definition) is 3. The standard InChI is InChI=1S/C17H35N5O2/c1-9-18-15(20-11-10-19-14(24)16(2,3)4)22(8)12-13(23)21-17(5,6)7/h9-12H2,1-8H3,(H,18,20)(H,19,24)(H,21,23). The van der Waals surface area contributed by atoms with Gasteiger partial charge in [0, 0.05) is 31.1 Å². The van der Waals surface area contributed by atoms with E-state index in [1.54, 1.807) is 4.90 Å². The molecule has 2 amide bonds. The van der Waals surface area contributed by atoms with Gasteiger partial charge in [0.25, 0.3) is 0 Å². The van der Waals surface area contributed by atoms with Crippen molar-refractivity contribution in [3.8, 4) is 0 Å². The van der Waals surface area contributed by atoms with Crippen LogP contribution in [0.2, 0.25) is 0 Å². The van der Waals surface area contributed by atoms with E-state index in [-0.39, 0.29) is 23.9 Å². The average Bonchev–Trinajstić information content (AvgIpc) is 2.38. The normalized spacial score (nSPS) is 12.6. The van der Waals surface area contributed by atoms with E-state index in [4.69, 9.17) is 0 Å². The van der Waals surface area contributed by atoms with Gasteiger partial charge >= 0.3 is 0 Å². The summed E-state index contributed by atoms with van der Waals surface area (Å²) in [5.74, 6) is 0.587. The summed E-state index contributed by atoms with van der Waals surface area (Å²) in [4.78, 5) is 30.1.